The summed E-state index contributed by atoms with van der Waals surface area (Å²) in [5.74, 6) is 1.15. The average molecular weight is 387 g/mol. The van der Waals surface area contributed by atoms with E-state index in [1.807, 2.05) is 43.7 Å². The quantitative estimate of drug-likeness (QED) is 0.723. The number of benzene rings is 1. The lowest BCUT2D eigenvalue weighted by Crippen LogP contribution is -2.29. The van der Waals surface area contributed by atoms with Crippen molar-refractivity contribution in [3.05, 3.63) is 35.7 Å². The van der Waals surface area contributed by atoms with Gasteiger partial charge in [-0.05, 0) is 64.4 Å². The fourth-order valence-electron chi connectivity index (χ4n) is 3.32. The Balaban J connectivity index is 1.66. The van der Waals surface area contributed by atoms with E-state index in [1.165, 1.54) is 0 Å². The van der Waals surface area contributed by atoms with Crippen LogP contribution >= 0.6 is 0 Å². The van der Waals surface area contributed by atoms with Crippen molar-refractivity contribution in [1.29, 1.82) is 0 Å². The Morgan fingerprint density at radius 2 is 1.96 bits per heavy atom. The summed E-state index contributed by atoms with van der Waals surface area (Å²) < 4.78 is 13.1. The van der Waals surface area contributed by atoms with Crippen molar-refractivity contribution in [1.82, 2.24) is 25.6 Å². The molecule has 3 rings (SSSR count). The van der Waals surface area contributed by atoms with E-state index >= 15 is 0 Å². The fourth-order valence-corrected chi connectivity index (χ4v) is 3.32. The summed E-state index contributed by atoms with van der Waals surface area (Å²) in [6.07, 6.45) is 3.72. The van der Waals surface area contributed by atoms with Crippen LogP contribution in [-0.2, 0) is 0 Å². The number of nitrogens with one attached hydrogen (secondary N) is 2. The summed E-state index contributed by atoms with van der Waals surface area (Å²) in [7, 11) is 0. The smallest absolute Gasteiger partial charge is 0.273 e. The molecule has 0 saturated carbocycles. The number of aromatic nitrogens is 3. The molecule has 1 saturated heterocycles. The van der Waals surface area contributed by atoms with Gasteiger partial charge in [-0.3, -0.25) is 4.79 Å². The van der Waals surface area contributed by atoms with Crippen molar-refractivity contribution in [2.24, 2.45) is 0 Å². The van der Waals surface area contributed by atoms with E-state index in [0.717, 1.165) is 31.5 Å². The summed E-state index contributed by atoms with van der Waals surface area (Å²) in [4.78, 5) is 12.6. The topological polar surface area (TPSA) is 90.3 Å². The number of rotatable bonds is 8. The van der Waals surface area contributed by atoms with Crippen LogP contribution in [-0.4, -0.2) is 47.2 Å². The lowest BCUT2D eigenvalue weighted by molar-refractivity contribution is 0.0934. The van der Waals surface area contributed by atoms with E-state index in [-0.39, 0.29) is 11.9 Å². The minimum Gasteiger partial charge on any atom is -0.490 e. The van der Waals surface area contributed by atoms with Crippen LogP contribution < -0.4 is 20.1 Å². The molecule has 2 aromatic rings. The largest absolute Gasteiger partial charge is 0.490 e. The van der Waals surface area contributed by atoms with Crippen molar-refractivity contribution in [3.63, 3.8) is 0 Å². The highest BCUT2D eigenvalue weighted by Gasteiger charge is 2.20. The van der Waals surface area contributed by atoms with E-state index in [4.69, 9.17) is 9.47 Å². The van der Waals surface area contributed by atoms with Gasteiger partial charge in [-0.15, -0.1) is 5.10 Å². The molecule has 1 fully saturated rings. The minimum atomic E-state index is -0.237. The highest BCUT2D eigenvalue weighted by atomic mass is 16.5. The van der Waals surface area contributed by atoms with Crippen LogP contribution in [0.2, 0.25) is 0 Å². The summed E-state index contributed by atoms with van der Waals surface area (Å²) in [5, 5.41) is 14.5. The maximum atomic E-state index is 12.6. The van der Waals surface area contributed by atoms with E-state index in [9.17, 15) is 4.79 Å². The first-order valence-corrected chi connectivity index (χ1v) is 9.95. The highest BCUT2D eigenvalue weighted by molar-refractivity contribution is 5.92. The van der Waals surface area contributed by atoms with Crippen LogP contribution in [0.3, 0.4) is 0 Å². The number of ether oxygens (including phenoxy) is 2. The summed E-state index contributed by atoms with van der Waals surface area (Å²) in [6, 6.07) is 5.81. The summed E-state index contributed by atoms with van der Waals surface area (Å²) >= 11 is 0. The SMILES string of the molecule is CCOc1ccc(C(C)NC(=O)c2cn(C3CCNCC3)nn2)cc1OCC. The number of carbonyl (C=O) groups excluding carboxylic acids is 1. The van der Waals surface area contributed by atoms with Crippen LogP contribution in [0, 0.1) is 0 Å². The predicted octanol–water partition coefficient (Wildman–Crippen LogP) is 2.49. The Labute approximate surface area is 165 Å². The van der Waals surface area contributed by atoms with Crippen LogP contribution in [0.4, 0.5) is 0 Å². The predicted molar refractivity (Wildman–Crippen MR) is 106 cm³/mol. The Morgan fingerprint density at radius 1 is 1.25 bits per heavy atom. The second-order valence-corrected chi connectivity index (χ2v) is 6.83. The molecule has 0 aliphatic carbocycles. The average Bonchev–Trinajstić information content (AvgIpc) is 3.21. The van der Waals surface area contributed by atoms with Gasteiger partial charge < -0.3 is 20.1 Å². The van der Waals surface area contributed by atoms with E-state index in [2.05, 4.69) is 20.9 Å². The van der Waals surface area contributed by atoms with E-state index in [1.54, 1.807) is 6.20 Å². The van der Waals surface area contributed by atoms with Gasteiger partial charge in [-0.25, -0.2) is 4.68 Å². The zero-order valence-electron chi connectivity index (χ0n) is 16.8. The van der Waals surface area contributed by atoms with Crippen molar-refractivity contribution < 1.29 is 14.3 Å². The minimum absolute atomic E-state index is 0.202. The number of hydrogen-bond donors (Lipinski definition) is 2. The Kier molecular flexibility index (Phi) is 6.86. The molecule has 0 radical (unpaired) electrons. The molecular formula is C20H29N5O3. The molecule has 2 heterocycles. The van der Waals surface area contributed by atoms with Gasteiger partial charge in [-0.1, -0.05) is 11.3 Å². The van der Waals surface area contributed by atoms with Crippen LogP contribution in [0.15, 0.2) is 24.4 Å². The molecule has 2 N–H and O–H groups in total. The molecule has 1 aliphatic rings. The lowest BCUT2D eigenvalue weighted by Gasteiger charge is -2.22. The normalized spacial score (nSPS) is 15.8. The zero-order chi connectivity index (χ0) is 19.9. The van der Waals surface area contributed by atoms with Gasteiger partial charge in [0.15, 0.2) is 17.2 Å². The summed E-state index contributed by atoms with van der Waals surface area (Å²) in [5.41, 5.74) is 1.27. The third-order valence-corrected chi connectivity index (χ3v) is 4.84. The molecule has 1 aliphatic heterocycles. The third kappa shape index (κ3) is 4.81. The van der Waals surface area contributed by atoms with Gasteiger partial charge in [0.05, 0.1) is 31.5 Å². The third-order valence-electron chi connectivity index (χ3n) is 4.84. The first kappa shape index (κ1) is 20.1. The first-order chi connectivity index (χ1) is 13.6. The van der Waals surface area contributed by atoms with Gasteiger partial charge in [0.1, 0.15) is 0 Å². The number of amides is 1. The van der Waals surface area contributed by atoms with Crippen molar-refractivity contribution in [3.8, 4) is 11.5 Å². The Bertz CT molecular complexity index is 786. The molecule has 8 heteroatoms. The molecule has 1 unspecified atom stereocenters. The molecule has 1 atom stereocenters. The highest BCUT2D eigenvalue weighted by Crippen LogP contribution is 2.30. The van der Waals surface area contributed by atoms with Gasteiger partial charge >= 0.3 is 0 Å². The maximum Gasteiger partial charge on any atom is 0.273 e. The maximum absolute atomic E-state index is 12.6. The molecule has 1 aromatic carbocycles. The standard InChI is InChI=1S/C20H29N5O3/c1-4-27-18-7-6-15(12-19(18)28-5-2)14(3)22-20(26)17-13-25(24-23-17)16-8-10-21-11-9-16/h6-7,12-14,16,21H,4-5,8-11H2,1-3H3,(H,22,26). The number of carbonyl (C=O) groups is 1. The number of piperidine rings is 1. The number of nitrogens with zero attached hydrogens (tertiary/aromatic N) is 3. The van der Waals surface area contributed by atoms with Crippen molar-refractivity contribution >= 4 is 5.91 Å². The lowest BCUT2D eigenvalue weighted by atomic mass is 10.1. The Morgan fingerprint density at radius 3 is 2.68 bits per heavy atom. The van der Waals surface area contributed by atoms with Gasteiger partial charge in [-0.2, -0.15) is 0 Å². The second-order valence-electron chi connectivity index (χ2n) is 6.83. The molecule has 1 amide bonds. The van der Waals surface area contributed by atoms with E-state index in [0.29, 0.717) is 36.4 Å². The van der Waals surface area contributed by atoms with E-state index < -0.39 is 0 Å². The van der Waals surface area contributed by atoms with Crippen molar-refractivity contribution in [2.45, 2.75) is 45.7 Å². The molecular weight excluding hydrogens is 358 g/mol. The number of hydrogen-bond acceptors (Lipinski definition) is 6. The molecule has 152 valence electrons. The molecule has 0 spiro atoms. The zero-order valence-corrected chi connectivity index (χ0v) is 16.8. The monoisotopic (exact) mass is 387 g/mol. The second kappa shape index (κ2) is 9.54. The summed E-state index contributed by atoms with van der Waals surface area (Å²) in [6.45, 7) is 8.83. The molecule has 1 aromatic heterocycles. The van der Waals surface area contributed by atoms with Crippen molar-refractivity contribution in [2.75, 3.05) is 26.3 Å². The van der Waals surface area contributed by atoms with Gasteiger partial charge in [0, 0.05) is 0 Å². The van der Waals surface area contributed by atoms with Crippen LogP contribution in [0.5, 0.6) is 11.5 Å². The first-order valence-electron chi connectivity index (χ1n) is 9.95. The van der Waals surface area contributed by atoms with Crippen LogP contribution in [0.25, 0.3) is 0 Å². The fraction of sp³-hybridized carbons (Fsp3) is 0.550. The molecule has 8 nitrogen and oxygen atoms in total. The molecule has 28 heavy (non-hydrogen) atoms. The Hall–Kier alpha value is -2.61. The van der Waals surface area contributed by atoms with Crippen LogP contribution in [0.1, 0.15) is 61.7 Å². The van der Waals surface area contributed by atoms with Gasteiger partial charge in [0.25, 0.3) is 5.91 Å². The van der Waals surface area contributed by atoms with Gasteiger partial charge in [0.2, 0.25) is 0 Å². The molecule has 0 bridgehead atoms.